The van der Waals surface area contributed by atoms with Crippen molar-refractivity contribution in [1.82, 2.24) is 10.6 Å². The minimum Gasteiger partial charge on any atom is -0.381 e. The molecule has 0 spiro atoms. The van der Waals surface area contributed by atoms with Crippen molar-refractivity contribution in [2.24, 2.45) is 16.8 Å². The first kappa shape index (κ1) is 24.0. The molecule has 154 valence electrons. The van der Waals surface area contributed by atoms with E-state index < -0.39 is 0 Å². The first-order chi connectivity index (χ1) is 12.3. The van der Waals surface area contributed by atoms with Crippen LogP contribution < -0.4 is 10.6 Å². The molecule has 0 aromatic heterocycles. The van der Waals surface area contributed by atoms with Gasteiger partial charge in [-0.05, 0) is 50.9 Å². The molecule has 0 bridgehead atoms. The van der Waals surface area contributed by atoms with Gasteiger partial charge in [0.25, 0.3) is 0 Å². The molecular weight excluding hydrogens is 441 g/mol. The highest BCUT2D eigenvalue weighted by Crippen LogP contribution is 2.26. The quantitative estimate of drug-likeness (QED) is 0.227. The number of halogens is 1. The summed E-state index contributed by atoms with van der Waals surface area (Å²) in [5, 5.41) is 7.04. The van der Waals surface area contributed by atoms with Gasteiger partial charge in [0, 0.05) is 45.6 Å². The van der Waals surface area contributed by atoms with Gasteiger partial charge in [-0.2, -0.15) is 0 Å². The lowest BCUT2D eigenvalue weighted by Crippen LogP contribution is -2.45. The van der Waals surface area contributed by atoms with Crippen LogP contribution in [0.4, 0.5) is 0 Å². The molecule has 1 heterocycles. The summed E-state index contributed by atoms with van der Waals surface area (Å²) in [6, 6.07) is 0.585. The zero-order valence-corrected chi connectivity index (χ0v) is 19.1. The second kappa shape index (κ2) is 14.9. The summed E-state index contributed by atoms with van der Waals surface area (Å²) >= 11 is 0. The Hall–Kier alpha value is -0.0800. The number of hydrogen-bond acceptors (Lipinski definition) is 3. The van der Waals surface area contributed by atoms with E-state index in [0.717, 1.165) is 70.7 Å². The normalized spacial score (nSPS) is 24.8. The fraction of sp³-hybridized carbons (Fsp3) is 0.950. The number of aliphatic imine (C=N–C) groups is 1. The van der Waals surface area contributed by atoms with Gasteiger partial charge in [-0.25, -0.2) is 0 Å². The Bertz CT molecular complexity index is 376. The van der Waals surface area contributed by atoms with E-state index in [9.17, 15) is 0 Å². The maximum absolute atomic E-state index is 5.83. The van der Waals surface area contributed by atoms with E-state index in [0.29, 0.717) is 12.0 Å². The number of ether oxygens (including phenoxy) is 2. The highest BCUT2D eigenvalue weighted by Gasteiger charge is 2.21. The molecule has 2 N–H and O–H groups in total. The Labute approximate surface area is 177 Å². The van der Waals surface area contributed by atoms with Crippen molar-refractivity contribution in [3.8, 4) is 0 Å². The van der Waals surface area contributed by atoms with Crippen molar-refractivity contribution < 1.29 is 9.47 Å². The number of nitrogens with one attached hydrogen (secondary N) is 2. The number of rotatable bonds is 9. The number of nitrogens with zero attached hydrogens (tertiary/aromatic N) is 1. The lowest BCUT2D eigenvalue weighted by molar-refractivity contribution is 0.0205. The molecule has 1 saturated heterocycles. The van der Waals surface area contributed by atoms with Crippen molar-refractivity contribution in [2.75, 3.05) is 39.5 Å². The van der Waals surface area contributed by atoms with E-state index in [1.807, 2.05) is 0 Å². The Morgan fingerprint density at radius 3 is 2.65 bits per heavy atom. The van der Waals surface area contributed by atoms with Crippen LogP contribution in [0, 0.1) is 11.8 Å². The van der Waals surface area contributed by atoms with Gasteiger partial charge in [0.05, 0.1) is 0 Å². The van der Waals surface area contributed by atoms with Crippen molar-refractivity contribution in [3.05, 3.63) is 0 Å². The molecule has 0 aromatic rings. The smallest absolute Gasteiger partial charge is 0.191 e. The number of guanidine groups is 1. The highest BCUT2D eigenvalue weighted by molar-refractivity contribution is 14.0. The van der Waals surface area contributed by atoms with Gasteiger partial charge < -0.3 is 20.1 Å². The van der Waals surface area contributed by atoms with E-state index in [4.69, 9.17) is 14.5 Å². The summed E-state index contributed by atoms with van der Waals surface area (Å²) in [7, 11) is 0. The van der Waals surface area contributed by atoms with Gasteiger partial charge in [0.2, 0.25) is 0 Å². The summed E-state index contributed by atoms with van der Waals surface area (Å²) in [6.45, 7) is 9.67. The monoisotopic (exact) mass is 481 g/mol. The van der Waals surface area contributed by atoms with Crippen molar-refractivity contribution >= 4 is 29.9 Å². The van der Waals surface area contributed by atoms with Crippen LogP contribution in [-0.2, 0) is 9.47 Å². The average molecular weight is 481 g/mol. The summed E-state index contributed by atoms with van der Waals surface area (Å²) in [4.78, 5) is 4.74. The van der Waals surface area contributed by atoms with Gasteiger partial charge in [-0.1, -0.05) is 26.2 Å². The maximum atomic E-state index is 5.83. The lowest BCUT2D eigenvalue weighted by Gasteiger charge is -2.30. The van der Waals surface area contributed by atoms with Crippen LogP contribution in [0.2, 0.25) is 0 Å². The molecule has 2 fully saturated rings. The summed E-state index contributed by atoms with van der Waals surface area (Å²) in [5.74, 6) is 2.55. The predicted molar refractivity (Wildman–Crippen MR) is 120 cm³/mol. The topological polar surface area (TPSA) is 54.9 Å². The Balaban J connectivity index is 0.00000338. The molecule has 2 atom stereocenters. The van der Waals surface area contributed by atoms with Crippen LogP contribution in [0.25, 0.3) is 0 Å². The third-order valence-corrected chi connectivity index (χ3v) is 5.46. The van der Waals surface area contributed by atoms with Gasteiger partial charge in [0.15, 0.2) is 5.96 Å². The maximum Gasteiger partial charge on any atom is 0.191 e. The first-order valence-corrected chi connectivity index (χ1v) is 10.5. The van der Waals surface area contributed by atoms with Crippen molar-refractivity contribution in [1.29, 1.82) is 0 Å². The standard InChI is InChI=1S/C20H39N3O2.HI/c1-3-17-7-5-8-19(15-17)23-20(21-4-2)22-11-6-12-25-16-18-9-13-24-14-10-18;/h17-19H,3-16H2,1-2H3,(H2,21,22,23);1H. The van der Waals surface area contributed by atoms with Crippen LogP contribution >= 0.6 is 24.0 Å². The largest absolute Gasteiger partial charge is 0.381 e. The molecule has 1 aliphatic carbocycles. The van der Waals surface area contributed by atoms with Crippen LogP contribution in [0.1, 0.15) is 65.2 Å². The van der Waals surface area contributed by atoms with E-state index in [-0.39, 0.29) is 24.0 Å². The SMILES string of the molecule is CCNC(=NCCCOCC1CCOCC1)NC1CCCC(CC)C1.I. The molecule has 2 unspecified atom stereocenters. The molecule has 0 amide bonds. The molecular formula is C20H40IN3O2. The van der Waals surface area contributed by atoms with Crippen LogP contribution in [0.15, 0.2) is 4.99 Å². The molecule has 1 saturated carbocycles. The second-order valence-electron chi connectivity index (χ2n) is 7.53. The minimum absolute atomic E-state index is 0. The fourth-order valence-corrected chi connectivity index (χ4v) is 3.83. The van der Waals surface area contributed by atoms with E-state index in [1.54, 1.807) is 0 Å². The van der Waals surface area contributed by atoms with Crippen molar-refractivity contribution in [3.63, 3.8) is 0 Å². The minimum atomic E-state index is 0. The highest BCUT2D eigenvalue weighted by atomic mass is 127. The van der Waals surface area contributed by atoms with E-state index in [1.165, 1.54) is 32.1 Å². The van der Waals surface area contributed by atoms with Gasteiger partial charge in [-0.15, -0.1) is 24.0 Å². The average Bonchev–Trinajstić information content (AvgIpc) is 2.65. The predicted octanol–water partition coefficient (Wildman–Crippen LogP) is 3.96. The van der Waals surface area contributed by atoms with Crippen molar-refractivity contribution in [2.45, 2.75) is 71.3 Å². The second-order valence-corrected chi connectivity index (χ2v) is 7.53. The third kappa shape index (κ3) is 9.74. The molecule has 2 aliphatic rings. The molecule has 0 aromatic carbocycles. The first-order valence-electron chi connectivity index (χ1n) is 10.5. The zero-order chi connectivity index (χ0) is 17.7. The Morgan fingerprint density at radius 2 is 1.92 bits per heavy atom. The molecule has 26 heavy (non-hydrogen) atoms. The molecule has 2 rings (SSSR count). The Morgan fingerprint density at radius 1 is 1.12 bits per heavy atom. The number of hydrogen-bond donors (Lipinski definition) is 2. The summed E-state index contributed by atoms with van der Waals surface area (Å²) in [5.41, 5.74) is 0. The molecule has 6 heteroatoms. The molecule has 1 aliphatic heterocycles. The molecule has 0 radical (unpaired) electrons. The van der Waals surface area contributed by atoms with Gasteiger partial charge >= 0.3 is 0 Å². The van der Waals surface area contributed by atoms with Crippen LogP contribution in [0.3, 0.4) is 0 Å². The summed E-state index contributed by atoms with van der Waals surface area (Å²) < 4.78 is 11.2. The van der Waals surface area contributed by atoms with Gasteiger partial charge in [0.1, 0.15) is 0 Å². The van der Waals surface area contributed by atoms with Crippen LogP contribution in [0.5, 0.6) is 0 Å². The Kier molecular flexibility index (Phi) is 13.7. The molecule has 5 nitrogen and oxygen atoms in total. The van der Waals surface area contributed by atoms with E-state index in [2.05, 4.69) is 24.5 Å². The lowest BCUT2D eigenvalue weighted by atomic mass is 9.84. The summed E-state index contributed by atoms with van der Waals surface area (Å²) in [6.07, 6.45) is 9.88. The van der Waals surface area contributed by atoms with Crippen LogP contribution in [-0.4, -0.2) is 51.5 Å². The zero-order valence-electron chi connectivity index (χ0n) is 16.8. The fourth-order valence-electron chi connectivity index (χ4n) is 3.83. The van der Waals surface area contributed by atoms with Gasteiger partial charge in [-0.3, -0.25) is 4.99 Å². The third-order valence-electron chi connectivity index (χ3n) is 5.46. The van der Waals surface area contributed by atoms with E-state index >= 15 is 0 Å².